The summed E-state index contributed by atoms with van der Waals surface area (Å²) in [6, 6.07) is 20.9. The molecule has 0 amide bonds. The highest BCUT2D eigenvalue weighted by atomic mass is 16.6. The van der Waals surface area contributed by atoms with E-state index in [1.165, 1.54) is 0 Å². The molecule has 1 aliphatic heterocycles. The van der Waals surface area contributed by atoms with E-state index in [-0.39, 0.29) is 30.9 Å². The van der Waals surface area contributed by atoms with Gasteiger partial charge in [-0.3, -0.25) is 0 Å². The van der Waals surface area contributed by atoms with Crippen molar-refractivity contribution in [3.8, 4) is 0 Å². The van der Waals surface area contributed by atoms with Crippen LogP contribution < -0.4 is 5.46 Å². The lowest BCUT2D eigenvalue weighted by molar-refractivity contribution is -0.140. The molecule has 0 saturated carbocycles. The normalized spacial score (nSPS) is 14.4. The summed E-state index contributed by atoms with van der Waals surface area (Å²) in [5.74, 6) is -2.52. The Kier molecular flexibility index (Phi) is 8.64. The van der Waals surface area contributed by atoms with Gasteiger partial charge < -0.3 is 24.3 Å². The standard InChI is InChI=1S/C30H29BO8/c1-20(2)29(36)37-17-21-11-13-24(14-12-21)31-38-18-30(19-39-31,15-22-7-3-5-9-25(22)27(32)33)16-23-8-4-6-10-26(23)28(34)35/h3-14H,1,15-19H2,2H3,(H,32,33)(H,34,35). The van der Waals surface area contributed by atoms with Gasteiger partial charge in [0.1, 0.15) is 6.61 Å². The molecule has 3 aromatic carbocycles. The molecule has 2 N–H and O–H groups in total. The zero-order valence-corrected chi connectivity index (χ0v) is 21.6. The first-order valence-corrected chi connectivity index (χ1v) is 12.4. The molecule has 1 fully saturated rings. The van der Waals surface area contributed by atoms with Gasteiger partial charge in [-0.05, 0) is 54.1 Å². The Morgan fingerprint density at radius 3 is 1.79 bits per heavy atom. The number of benzene rings is 3. The summed E-state index contributed by atoms with van der Waals surface area (Å²) >= 11 is 0. The van der Waals surface area contributed by atoms with Gasteiger partial charge in [0.05, 0.1) is 11.1 Å². The van der Waals surface area contributed by atoms with Gasteiger partial charge in [0.2, 0.25) is 0 Å². The van der Waals surface area contributed by atoms with E-state index in [9.17, 15) is 24.6 Å². The number of hydrogen-bond donors (Lipinski definition) is 2. The Hall–Kier alpha value is -4.21. The first-order chi connectivity index (χ1) is 18.7. The fraction of sp³-hybridized carbons (Fsp3) is 0.233. The zero-order chi connectivity index (χ0) is 28.0. The first kappa shape index (κ1) is 27.8. The van der Waals surface area contributed by atoms with E-state index in [4.69, 9.17) is 14.0 Å². The van der Waals surface area contributed by atoms with Crippen LogP contribution in [0.5, 0.6) is 0 Å². The van der Waals surface area contributed by atoms with Gasteiger partial charge >= 0.3 is 25.0 Å². The van der Waals surface area contributed by atoms with Gasteiger partial charge in [-0.25, -0.2) is 14.4 Å². The molecule has 4 rings (SSSR count). The second kappa shape index (κ2) is 12.1. The molecule has 200 valence electrons. The number of ether oxygens (including phenoxy) is 1. The average molecular weight is 528 g/mol. The van der Waals surface area contributed by atoms with E-state index in [0.717, 1.165) is 11.0 Å². The number of rotatable bonds is 10. The van der Waals surface area contributed by atoms with Crippen LogP contribution in [-0.4, -0.2) is 48.5 Å². The van der Waals surface area contributed by atoms with Crippen LogP contribution in [0.3, 0.4) is 0 Å². The molecule has 8 nitrogen and oxygen atoms in total. The Bertz CT molecular complexity index is 1310. The van der Waals surface area contributed by atoms with Crippen LogP contribution in [0.4, 0.5) is 0 Å². The summed E-state index contributed by atoms with van der Waals surface area (Å²) in [7, 11) is -0.658. The van der Waals surface area contributed by atoms with Crippen molar-refractivity contribution in [2.45, 2.75) is 26.4 Å². The summed E-state index contributed by atoms with van der Waals surface area (Å²) in [5, 5.41) is 19.4. The third-order valence-corrected chi connectivity index (χ3v) is 6.68. The first-order valence-electron chi connectivity index (χ1n) is 12.4. The quantitative estimate of drug-likeness (QED) is 0.231. The third-order valence-electron chi connectivity index (χ3n) is 6.68. The van der Waals surface area contributed by atoms with Crippen molar-refractivity contribution >= 4 is 30.5 Å². The highest BCUT2D eigenvalue weighted by molar-refractivity contribution is 6.61. The fourth-order valence-corrected chi connectivity index (χ4v) is 4.67. The lowest BCUT2D eigenvalue weighted by Crippen LogP contribution is -2.51. The monoisotopic (exact) mass is 528 g/mol. The molecule has 1 heterocycles. The molecule has 39 heavy (non-hydrogen) atoms. The van der Waals surface area contributed by atoms with Crippen LogP contribution in [0.15, 0.2) is 84.9 Å². The van der Waals surface area contributed by atoms with Gasteiger partial charge in [0.15, 0.2) is 0 Å². The SMILES string of the molecule is C=C(C)C(=O)OCc1ccc(B2OCC(Cc3ccccc3C(=O)O)(Cc3ccccc3C(=O)O)CO2)cc1. The molecule has 0 spiro atoms. The van der Waals surface area contributed by atoms with Gasteiger partial charge in [-0.2, -0.15) is 0 Å². The van der Waals surface area contributed by atoms with Gasteiger partial charge in [0.25, 0.3) is 0 Å². The maximum atomic E-state index is 11.9. The van der Waals surface area contributed by atoms with E-state index in [1.54, 1.807) is 55.5 Å². The Balaban J connectivity index is 1.55. The molecule has 1 saturated heterocycles. The zero-order valence-electron chi connectivity index (χ0n) is 21.6. The van der Waals surface area contributed by atoms with Crippen molar-refractivity contribution in [3.05, 3.63) is 113 Å². The Labute approximate surface area is 227 Å². The van der Waals surface area contributed by atoms with Gasteiger partial charge in [0, 0.05) is 24.2 Å². The molecule has 0 unspecified atom stereocenters. The van der Waals surface area contributed by atoms with Crippen LogP contribution in [0.2, 0.25) is 0 Å². The summed E-state index contributed by atoms with van der Waals surface area (Å²) in [4.78, 5) is 35.4. The topological polar surface area (TPSA) is 119 Å². The number of carboxylic acid groups (broad SMARTS) is 2. The summed E-state index contributed by atoms with van der Waals surface area (Å²) in [5.41, 5.74) is 2.82. The number of aromatic carboxylic acids is 2. The fourth-order valence-electron chi connectivity index (χ4n) is 4.67. The molecule has 9 heteroatoms. The van der Waals surface area contributed by atoms with Crippen LogP contribution in [0, 0.1) is 5.41 Å². The maximum Gasteiger partial charge on any atom is 0.493 e. The predicted molar refractivity (Wildman–Crippen MR) is 145 cm³/mol. The number of carboxylic acids is 2. The van der Waals surface area contributed by atoms with Gasteiger partial charge in [-0.15, -0.1) is 0 Å². The molecule has 0 atom stereocenters. The van der Waals surface area contributed by atoms with Crippen molar-refractivity contribution in [2.24, 2.45) is 5.41 Å². The Morgan fingerprint density at radius 1 is 0.846 bits per heavy atom. The van der Waals surface area contributed by atoms with E-state index in [2.05, 4.69) is 6.58 Å². The molecule has 0 aliphatic carbocycles. The van der Waals surface area contributed by atoms with E-state index in [1.807, 2.05) is 24.3 Å². The van der Waals surface area contributed by atoms with Crippen molar-refractivity contribution in [1.29, 1.82) is 0 Å². The largest absolute Gasteiger partial charge is 0.493 e. The van der Waals surface area contributed by atoms with E-state index in [0.29, 0.717) is 29.5 Å². The highest BCUT2D eigenvalue weighted by Gasteiger charge is 2.41. The summed E-state index contributed by atoms with van der Waals surface area (Å²) in [6.45, 7) is 5.71. The minimum Gasteiger partial charge on any atom is -0.478 e. The molecule has 0 bridgehead atoms. The Morgan fingerprint density at radius 2 is 1.33 bits per heavy atom. The average Bonchev–Trinajstić information content (AvgIpc) is 2.93. The van der Waals surface area contributed by atoms with Crippen LogP contribution in [0.25, 0.3) is 0 Å². The number of carbonyl (C=O) groups is 3. The third kappa shape index (κ3) is 6.82. The summed E-state index contributed by atoms with van der Waals surface area (Å²) < 4.78 is 17.5. The van der Waals surface area contributed by atoms with Crippen LogP contribution in [0.1, 0.15) is 44.3 Å². The lowest BCUT2D eigenvalue weighted by Gasteiger charge is -2.40. The van der Waals surface area contributed by atoms with E-state index >= 15 is 0 Å². The van der Waals surface area contributed by atoms with Gasteiger partial charge in [-0.1, -0.05) is 67.2 Å². The van der Waals surface area contributed by atoms with Crippen molar-refractivity contribution in [1.82, 2.24) is 0 Å². The lowest BCUT2D eigenvalue weighted by atomic mass is 9.71. The number of hydrogen-bond acceptors (Lipinski definition) is 6. The molecule has 3 aromatic rings. The van der Waals surface area contributed by atoms with E-state index < -0.39 is 30.4 Å². The van der Waals surface area contributed by atoms with Crippen LogP contribution in [-0.2, 0) is 38.3 Å². The van der Waals surface area contributed by atoms with Crippen molar-refractivity contribution in [2.75, 3.05) is 13.2 Å². The highest BCUT2D eigenvalue weighted by Crippen LogP contribution is 2.34. The van der Waals surface area contributed by atoms with Crippen molar-refractivity contribution in [3.63, 3.8) is 0 Å². The molecule has 0 radical (unpaired) electrons. The molecular weight excluding hydrogens is 499 g/mol. The second-order valence-electron chi connectivity index (χ2n) is 9.83. The minimum atomic E-state index is -1.03. The number of carbonyl (C=O) groups excluding carboxylic acids is 1. The smallest absolute Gasteiger partial charge is 0.478 e. The molecule has 0 aromatic heterocycles. The minimum absolute atomic E-state index is 0.118. The maximum absolute atomic E-state index is 11.9. The predicted octanol–water partition coefficient (Wildman–Crippen LogP) is 3.92. The van der Waals surface area contributed by atoms with Crippen LogP contribution >= 0.6 is 0 Å². The second-order valence-corrected chi connectivity index (χ2v) is 9.83. The summed E-state index contributed by atoms with van der Waals surface area (Å²) in [6.07, 6.45) is 0.645. The molecule has 1 aliphatic rings. The number of esters is 1. The molecular formula is C30H29BO8. The van der Waals surface area contributed by atoms with Crippen molar-refractivity contribution < 1.29 is 38.6 Å².